The van der Waals surface area contributed by atoms with Gasteiger partial charge in [0, 0.05) is 44.4 Å². The number of anilines is 1. The van der Waals surface area contributed by atoms with Crippen LogP contribution in [-0.2, 0) is 16.6 Å². The second-order valence-electron chi connectivity index (χ2n) is 7.06. The van der Waals surface area contributed by atoms with Gasteiger partial charge in [-0.05, 0) is 37.4 Å². The van der Waals surface area contributed by atoms with Gasteiger partial charge in [0.15, 0.2) is 0 Å². The molecule has 1 heterocycles. The van der Waals surface area contributed by atoms with Crippen LogP contribution in [0, 0.1) is 10.1 Å². The Kier molecular flexibility index (Phi) is 6.98. The fourth-order valence-corrected chi connectivity index (χ4v) is 4.34. The third kappa shape index (κ3) is 5.06. The van der Waals surface area contributed by atoms with Crippen LogP contribution in [0.25, 0.3) is 0 Å². The van der Waals surface area contributed by atoms with Gasteiger partial charge in [-0.2, -0.15) is 0 Å². The van der Waals surface area contributed by atoms with Crippen LogP contribution in [0.2, 0.25) is 0 Å². The quantitative estimate of drug-likeness (QED) is 0.479. The SMILES string of the molecule is CNS(=O)(=O)c1ccc(N2CCN(Cc3cc(OC)ccc3OC)CC2)c([N+](=O)[O-])c1. The zero-order valence-electron chi connectivity index (χ0n) is 17.7. The first kappa shape index (κ1) is 22.8. The molecule has 10 nitrogen and oxygen atoms in total. The topological polar surface area (TPSA) is 114 Å². The van der Waals surface area contributed by atoms with Gasteiger partial charge in [0.05, 0.1) is 24.0 Å². The van der Waals surface area contributed by atoms with Crippen molar-refractivity contribution in [3.05, 3.63) is 52.1 Å². The minimum atomic E-state index is -3.76. The number of benzene rings is 2. The molecular formula is C20H26N4O6S. The van der Waals surface area contributed by atoms with Gasteiger partial charge in [-0.15, -0.1) is 0 Å². The van der Waals surface area contributed by atoms with Gasteiger partial charge in [0.25, 0.3) is 5.69 Å². The van der Waals surface area contributed by atoms with Gasteiger partial charge < -0.3 is 14.4 Å². The smallest absolute Gasteiger partial charge is 0.293 e. The Labute approximate surface area is 181 Å². The van der Waals surface area contributed by atoms with E-state index in [2.05, 4.69) is 9.62 Å². The fourth-order valence-electron chi connectivity index (χ4n) is 3.60. The molecule has 168 valence electrons. The Morgan fingerprint density at radius 1 is 1.06 bits per heavy atom. The maximum atomic E-state index is 12.0. The van der Waals surface area contributed by atoms with Crippen LogP contribution in [0.5, 0.6) is 11.5 Å². The van der Waals surface area contributed by atoms with Crippen LogP contribution < -0.4 is 19.1 Å². The largest absolute Gasteiger partial charge is 0.497 e. The van der Waals surface area contributed by atoms with Crippen molar-refractivity contribution in [3.8, 4) is 11.5 Å². The molecule has 2 aromatic carbocycles. The maximum Gasteiger partial charge on any atom is 0.293 e. The molecule has 0 radical (unpaired) electrons. The van der Waals surface area contributed by atoms with E-state index in [9.17, 15) is 18.5 Å². The first-order valence-electron chi connectivity index (χ1n) is 9.69. The molecule has 1 aliphatic heterocycles. The Morgan fingerprint density at radius 3 is 2.35 bits per heavy atom. The van der Waals surface area contributed by atoms with E-state index >= 15 is 0 Å². The number of piperazine rings is 1. The van der Waals surface area contributed by atoms with Crippen LogP contribution in [0.3, 0.4) is 0 Å². The van der Waals surface area contributed by atoms with Crippen molar-refractivity contribution in [1.29, 1.82) is 0 Å². The first-order chi connectivity index (χ1) is 14.8. The zero-order chi connectivity index (χ0) is 22.6. The van der Waals surface area contributed by atoms with Crippen LogP contribution in [-0.4, -0.2) is 65.7 Å². The van der Waals surface area contributed by atoms with Crippen molar-refractivity contribution in [3.63, 3.8) is 0 Å². The molecule has 11 heteroatoms. The average Bonchev–Trinajstić information content (AvgIpc) is 2.79. The number of nitro groups is 1. The van der Waals surface area contributed by atoms with E-state index < -0.39 is 14.9 Å². The highest BCUT2D eigenvalue weighted by Crippen LogP contribution is 2.32. The third-order valence-corrected chi connectivity index (χ3v) is 6.73. The Balaban J connectivity index is 1.75. The monoisotopic (exact) mass is 450 g/mol. The second kappa shape index (κ2) is 9.50. The average molecular weight is 451 g/mol. The van der Waals surface area contributed by atoms with Gasteiger partial charge in [0.2, 0.25) is 10.0 Å². The number of nitrogens with zero attached hydrogens (tertiary/aromatic N) is 3. The number of ether oxygens (including phenoxy) is 2. The van der Waals surface area contributed by atoms with E-state index in [4.69, 9.17) is 9.47 Å². The highest BCUT2D eigenvalue weighted by Gasteiger charge is 2.26. The van der Waals surface area contributed by atoms with E-state index in [1.807, 2.05) is 23.1 Å². The van der Waals surface area contributed by atoms with Gasteiger partial charge >= 0.3 is 0 Å². The molecule has 0 atom stereocenters. The summed E-state index contributed by atoms with van der Waals surface area (Å²) in [7, 11) is 0.749. The van der Waals surface area contributed by atoms with Gasteiger partial charge in [-0.1, -0.05) is 0 Å². The summed E-state index contributed by atoms with van der Waals surface area (Å²) in [6.45, 7) is 3.19. The van der Waals surface area contributed by atoms with Crippen molar-refractivity contribution in [2.45, 2.75) is 11.4 Å². The minimum absolute atomic E-state index is 0.130. The zero-order valence-corrected chi connectivity index (χ0v) is 18.5. The van der Waals surface area contributed by atoms with Gasteiger partial charge in [-0.25, -0.2) is 13.1 Å². The Bertz CT molecular complexity index is 1050. The van der Waals surface area contributed by atoms with Crippen molar-refractivity contribution < 1.29 is 22.8 Å². The number of rotatable bonds is 8. The lowest BCUT2D eigenvalue weighted by molar-refractivity contribution is -0.384. The molecule has 0 aromatic heterocycles. The fraction of sp³-hybridized carbons (Fsp3) is 0.400. The normalized spacial score (nSPS) is 15.0. The molecule has 2 aromatic rings. The third-order valence-electron chi connectivity index (χ3n) is 5.32. The van der Waals surface area contributed by atoms with Crippen molar-refractivity contribution in [2.24, 2.45) is 0 Å². The predicted molar refractivity (Wildman–Crippen MR) is 116 cm³/mol. The summed E-state index contributed by atoms with van der Waals surface area (Å²) in [4.78, 5) is 15.1. The van der Waals surface area contributed by atoms with Crippen LogP contribution >= 0.6 is 0 Å². The summed E-state index contributed by atoms with van der Waals surface area (Å²) in [5, 5.41) is 11.6. The summed E-state index contributed by atoms with van der Waals surface area (Å²) < 4.78 is 36.9. The molecular weight excluding hydrogens is 424 g/mol. The van der Waals surface area contributed by atoms with Crippen LogP contribution in [0.4, 0.5) is 11.4 Å². The highest BCUT2D eigenvalue weighted by molar-refractivity contribution is 7.89. The number of hydrogen-bond acceptors (Lipinski definition) is 8. The molecule has 1 fully saturated rings. The Morgan fingerprint density at radius 2 is 1.77 bits per heavy atom. The van der Waals surface area contributed by atoms with Crippen molar-refractivity contribution >= 4 is 21.4 Å². The maximum absolute atomic E-state index is 12.0. The van der Waals surface area contributed by atoms with Gasteiger partial charge in [-0.3, -0.25) is 15.0 Å². The minimum Gasteiger partial charge on any atom is -0.497 e. The number of sulfonamides is 1. The number of nitrogens with one attached hydrogen (secondary N) is 1. The molecule has 1 saturated heterocycles. The molecule has 0 saturated carbocycles. The van der Waals surface area contributed by atoms with E-state index in [1.165, 1.54) is 19.2 Å². The van der Waals surface area contributed by atoms with E-state index in [0.29, 0.717) is 38.4 Å². The van der Waals surface area contributed by atoms with E-state index in [0.717, 1.165) is 23.1 Å². The first-order valence-corrected chi connectivity index (χ1v) is 11.2. The summed E-state index contributed by atoms with van der Waals surface area (Å²) in [6.07, 6.45) is 0. The molecule has 1 aliphatic rings. The lowest BCUT2D eigenvalue weighted by Crippen LogP contribution is -2.46. The standard InChI is InChI=1S/C20H26N4O6S/c1-21-31(27,28)17-5-6-18(19(13-17)24(25)26)23-10-8-22(9-11-23)14-15-12-16(29-2)4-7-20(15)30-3/h4-7,12-13,21H,8-11,14H2,1-3H3. The molecule has 31 heavy (non-hydrogen) atoms. The molecule has 0 spiro atoms. The van der Waals surface area contributed by atoms with E-state index in [1.54, 1.807) is 14.2 Å². The number of methoxy groups -OCH3 is 2. The predicted octanol–water partition coefficient (Wildman–Crippen LogP) is 1.84. The molecule has 0 bridgehead atoms. The second-order valence-corrected chi connectivity index (χ2v) is 8.94. The Hall–Kier alpha value is -2.89. The molecule has 1 N–H and O–H groups in total. The van der Waals surface area contributed by atoms with E-state index in [-0.39, 0.29) is 10.6 Å². The summed E-state index contributed by atoms with van der Waals surface area (Å²) in [5.74, 6) is 1.53. The summed E-state index contributed by atoms with van der Waals surface area (Å²) >= 11 is 0. The highest BCUT2D eigenvalue weighted by atomic mass is 32.2. The van der Waals surface area contributed by atoms with Crippen LogP contribution in [0.15, 0.2) is 41.3 Å². The molecule has 0 unspecified atom stereocenters. The summed E-state index contributed by atoms with van der Waals surface area (Å²) in [6, 6.07) is 9.66. The number of nitro benzene ring substituents is 1. The van der Waals surface area contributed by atoms with Crippen molar-refractivity contribution in [1.82, 2.24) is 9.62 Å². The molecule has 0 amide bonds. The molecule has 0 aliphatic carbocycles. The lowest BCUT2D eigenvalue weighted by Gasteiger charge is -2.36. The van der Waals surface area contributed by atoms with Crippen molar-refractivity contribution in [2.75, 3.05) is 52.3 Å². The summed E-state index contributed by atoms with van der Waals surface area (Å²) in [5.41, 5.74) is 1.20. The number of hydrogen-bond donors (Lipinski definition) is 1. The lowest BCUT2D eigenvalue weighted by atomic mass is 10.1. The van der Waals surface area contributed by atoms with Crippen LogP contribution in [0.1, 0.15) is 5.56 Å². The molecule has 3 rings (SSSR count). The van der Waals surface area contributed by atoms with Gasteiger partial charge in [0.1, 0.15) is 17.2 Å².